The van der Waals surface area contributed by atoms with E-state index >= 15 is 0 Å². The molecule has 3 saturated carbocycles. The predicted molar refractivity (Wildman–Crippen MR) is 96.0 cm³/mol. The van der Waals surface area contributed by atoms with E-state index in [-0.39, 0.29) is 23.3 Å². The fraction of sp³-hybridized carbons (Fsp3) is 0.864. The van der Waals surface area contributed by atoms with Crippen molar-refractivity contribution in [1.82, 2.24) is 0 Å². The van der Waals surface area contributed by atoms with Gasteiger partial charge in [0, 0.05) is 0 Å². The zero-order valence-electron chi connectivity index (χ0n) is 15.5. The summed E-state index contributed by atoms with van der Waals surface area (Å²) < 4.78 is 12.4. The number of carbonyl (C=O) groups is 1. The van der Waals surface area contributed by atoms with Gasteiger partial charge in [-0.15, -0.1) is 0 Å². The van der Waals surface area contributed by atoms with Crippen LogP contribution in [0.2, 0.25) is 0 Å². The normalized spacial score (nSPS) is 45.0. The monoisotopic (exact) mass is 344 g/mol. The summed E-state index contributed by atoms with van der Waals surface area (Å²) in [7, 11) is 0. The maximum Gasteiger partial charge on any atom is 0.338 e. The van der Waals surface area contributed by atoms with E-state index in [1.807, 2.05) is 0 Å². The molecule has 0 N–H and O–H groups in total. The van der Waals surface area contributed by atoms with Crippen LogP contribution in [0.4, 0.5) is 0 Å². The van der Waals surface area contributed by atoms with Crippen molar-refractivity contribution in [3.8, 4) is 0 Å². The lowest BCUT2D eigenvalue weighted by atomic mass is 9.75. The SMILES string of the molecule is CC1(C2CC3C=CC2C3)OC1C(=O)OC1(C2CCCCC2)CCCC1. The highest BCUT2D eigenvalue weighted by Gasteiger charge is 2.66. The molecule has 0 amide bonds. The molecule has 138 valence electrons. The van der Waals surface area contributed by atoms with Crippen molar-refractivity contribution >= 4 is 5.97 Å². The molecule has 4 aliphatic carbocycles. The van der Waals surface area contributed by atoms with Crippen LogP contribution in [0, 0.1) is 23.7 Å². The Morgan fingerprint density at radius 1 is 1.04 bits per heavy atom. The molecule has 0 aromatic heterocycles. The van der Waals surface area contributed by atoms with Gasteiger partial charge in [0.2, 0.25) is 0 Å². The molecular formula is C22H32O3. The predicted octanol–water partition coefficient (Wildman–Crippen LogP) is 4.79. The number of ether oxygens (including phenoxy) is 2. The quantitative estimate of drug-likeness (QED) is 0.418. The van der Waals surface area contributed by atoms with Crippen LogP contribution in [0.5, 0.6) is 0 Å². The molecule has 0 spiro atoms. The van der Waals surface area contributed by atoms with Gasteiger partial charge in [0.1, 0.15) is 11.2 Å². The second kappa shape index (κ2) is 5.84. The minimum atomic E-state index is -0.314. The van der Waals surface area contributed by atoms with Crippen molar-refractivity contribution in [2.24, 2.45) is 23.7 Å². The van der Waals surface area contributed by atoms with Gasteiger partial charge in [-0.05, 0) is 82.0 Å². The van der Waals surface area contributed by atoms with Crippen molar-refractivity contribution in [2.75, 3.05) is 0 Å². The van der Waals surface area contributed by atoms with Crippen molar-refractivity contribution in [3.05, 3.63) is 12.2 Å². The van der Waals surface area contributed by atoms with Gasteiger partial charge in [-0.1, -0.05) is 31.4 Å². The first-order valence-corrected chi connectivity index (χ1v) is 10.7. The first-order chi connectivity index (χ1) is 12.1. The van der Waals surface area contributed by atoms with E-state index < -0.39 is 0 Å². The standard InChI is InChI=1S/C22H32O3/c1-21(18-14-15-9-10-16(18)13-15)19(24-21)20(23)25-22(11-5-6-12-22)17-7-3-2-4-8-17/h9-10,15-19H,2-8,11-14H2,1H3. The molecule has 1 saturated heterocycles. The molecule has 0 radical (unpaired) electrons. The summed E-state index contributed by atoms with van der Waals surface area (Å²) in [5, 5.41) is 0. The Morgan fingerprint density at radius 3 is 2.44 bits per heavy atom. The largest absolute Gasteiger partial charge is 0.457 e. The van der Waals surface area contributed by atoms with Crippen molar-refractivity contribution in [1.29, 1.82) is 0 Å². The number of rotatable bonds is 4. The Kier molecular flexibility index (Phi) is 3.82. The van der Waals surface area contributed by atoms with E-state index in [0.717, 1.165) is 18.8 Å². The van der Waals surface area contributed by atoms with Crippen LogP contribution in [0.15, 0.2) is 12.2 Å². The number of epoxide rings is 1. The summed E-state index contributed by atoms with van der Waals surface area (Å²) in [5.74, 6) is 2.38. The lowest BCUT2D eigenvalue weighted by Gasteiger charge is -2.39. The molecule has 1 aliphatic heterocycles. The molecule has 5 atom stereocenters. The minimum Gasteiger partial charge on any atom is -0.457 e. The van der Waals surface area contributed by atoms with Gasteiger partial charge in [-0.2, -0.15) is 0 Å². The van der Waals surface area contributed by atoms with Crippen LogP contribution in [0.25, 0.3) is 0 Å². The molecule has 5 rings (SSSR count). The summed E-state index contributed by atoms with van der Waals surface area (Å²) in [6, 6.07) is 0. The Bertz CT molecular complexity index is 570. The maximum atomic E-state index is 13.0. The van der Waals surface area contributed by atoms with Crippen molar-refractivity contribution < 1.29 is 14.3 Å². The van der Waals surface area contributed by atoms with Crippen LogP contribution in [0.1, 0.15) is 77.6 Å². The number of esters is 1. The Balaban J connectivity index is 1.27. The smallest absolute Gasteiger partial charge is 0.338 e. The van der Waals surface area contributed by atoms with E-state index in [1.54, 1.807) is 0 Å². The van der Waals surface area contributed by atoms with Crippen LogP contribution < -0.4 is 0 Å². The fourth-order valence-corrected chi connectivity index (χ4v) is 6.67. The lowest BCUT2D eigenvalue weighted by Crippen LogP contribution is -2.43. The molecule has 2 bridgehead atoms. The van der Waals surface area contributed by atoms with Gasteiger partial charge in [0.15, 0.2) is 6.10 Å². The van der Waals surface area contributed by atoms with E-state index in [1.165, 1.54) is 57.8 Å². The van der Waals surface area contributed by atoms with E-state index in [9.17, 15) is 4.79 Å². The van der Waals surface area contributed by atoms with Crippen molar-refractivity contribution in [3.63, 3.8) is 0 Å². The zero-order valence-corrected chi connectivity index (χ0v) is 15.5. The highest BCUT2D eigenvalue weighted by atomic mass is 16.7. The third-order valence-corrected chi connectivity index (χ3v) is 8.17. The third-order valence-electron chi connectivity index (χ3n) is 8.17. The Morgan fingerprint density at radius 2 is 1.80 bits per heavy atom. The topological polar surface area (TPSA) is 38.8 Å². The number of hydrogen-bond acceptors (Lipinski definition) is 3. The number of hydrogen-bond donors (Lipinski definition) is 0. The summed E-state index contributed by atoms with van der Waals surface area (Å²) in [4.78, 5) is 13.0. The number of fused-ring (bicyclic) bond motifs is 2. The number of carbonyl (C=O) groups excluding carboxylic acids is 1. The first-order valence-electron chi connectivity index (χ1n) is 10.7. The van der Waals surface area contributed by atoms with Crippen LogP contribution in [-0.2, 0) is 14.3 Å². The molecule has 5 unspecified atom stereocenters. The number of allylic oxidation sites excluding steroid dienone is 2. The molecular weight excluding hydrogens is 312 g/mol. The van der Waals surface area contributed by atoms with Gasteiger partial charge in [-0.25, -0.2) is 4.79 Å². The lowest BCUT2D eigenvalue weighted by molar-refractivity contribution is -0.169. The van der Waals surface area contributed by atoms with Gasteiger partial charge < -0.3 is 9.47 Å². The second-order valence-corrected chi connectivity index (χ2v) is 9.60. The van der Waals surface area contributed by atoms with E-state index in [4.69, 9.17) is 9.47 Å². The average molecular weight is 344 g/mol. The van der Waals surface area contributed by atoms with Gasteiger partial charge in [-0.3, -0.25) is 0 Å². The molecule has 1 heterocycles. The Hall–Kier alpha value is -0.830. The van der Waals surface area contributed by atoms with Crippen LogP contribution in [-0.4, -0.2) is 23.3 Å². The summed E-state index contributed by atoms with van der Waals surface area (Å²) in [6.45, 7) is 2.15. The summed E-state index contributed by atoms with van der Waals surface area (Å²) >= 11 is 0. The molecule has 25 heavy (non-hydrogen) atoms. The molecule has 0 aromatic carbocycles. The van der Waals surface area contributed by atoms with Gasteiger partial charge in [0.25, 0.3) is 0 Å². The van der Waals surface area contributed by atoms with Gasteiger partial charge in [0.05, 0.1) is 0 Å². The first kappa shape index (κ1) is 16.4. The van der Waals surface area contributed by atoms with Gasteiger partial charge >= 0.3 is 5.97 Å². The molecule has 3 heteroatoms. The summed E-state index contributed by atoms with van der Waals surface area (Å²) in [5.41, 5.74) is -0.438. The zero-order chi connectivity index (χ0) is 17.1. The minimum absolute atomic E-state index is 0.0540. The second-order valence-electron chi connectivity index (χ2n) is 9.60. The maximum absolute atomic E-state index is 13.0. The van der Waals surface area contributed by atoms with E-state index in [2.05, 4.69) is 19.1 Å². The van der Waals surface area contributed by atoms with Crippen LogP contribution >= 0.6 is 0 Å². The van der Waals surface area contributed by atoms with Crippen molar-refractivity contribution in [2.45, 2.75) is 94.9 Å². The van der Waals surface area contributed by atoms with Crippen LogP contribution in [0.3, 0.4) is 0 Å². The van der Waals surface area contributed by atoms with E-state index in [0.29, 0.717) is 17.8 Å². The molecule has 0 aromatic rings. The molecule has 5 aliphatic rings. The highest BCUT2D eigenvalue weighted by Crippen LogP contribution is 2.57. The molecule has 4 fully saturated rings. The average Bonchev–Trinajstić information content (AvgIpc) is 3.07. The fourth-order valence-electron chi connectivity index (χ4n) is 6.67. The third kappa shape index (κ3) is 2.60. The highest BCUT2D eigenvalue weighted by molar-refractivity contribution is 5.80. The summed E-state index contributed by atoms with van der Waals surface area (Å²) in [6.07, 6.45) is 17.9. The Labute approximate surface area is 151 Å². The molecule has 3 nitrogen and oxygen atoms in total.